The summed E-state index contributed by atoms with van der Waals surface area (Å²) in [6.45, 7) is 17.6. The topological polar surface area (TPSA) is 24.5 Å². The van der Waals surface area contributed by atoms with Crippen molar-refractivity contribution < 1.29 is 4.74 Å². The van der Waals surface area contributed by atoms with Crippen molar-refractivity contribution in [3.8, 4) is 0 Å². The van der Waals surface area contributed by atoms with Gasteiger partial charge in [0.2, 0.25) is 0 Å². The molecule has 0 bridgehead atoms. The van der Waals surface area contributed by atoms with E-state index in [-0.39, 0.29) is 5.60 Å². The molecular formula is C14H30N2O. The maximum Gasteiger partial charge on any atom is 0.0753 e. The van der Waals surface area contributed by atoms with Gasteiger partial charge in [-0.1, -0.05) is 20.8 Å². The number of ether oxygens (including phenoxy) is 1. The maximum absolute atomic E-state index is 5.71. The molecule has 0 aromatic rings. The fourth-order valence-electron chi connectivity index (χ4n) is 2.13. The Hall–Kier alpha value is -0.120. The van der Waals surface area contributed by atoms with Gasteiger partial charge in [-0.3, -0.25) is 4.90 Å². The van der Waals surface area contributed by atoms with Gasteiger partial charge in [-0.05, 0) is 32.2 Å². The van der Waals surface area contributed by atoms with E-state index in [4.69, 9.17) is 4.74 Å². The molecule has 3 heteroatoms. The molecule has 0 spiro atoms. The number of morpholine rings is 1. The van der Waals surface area contributed by atoms with Crippen molar-refractivity contribution in [3.63, 3.8) is 0 Å². The summed E-state index contributed by atoms with van der Waals surface area (Å²) >= 11 is 0. The van der Waals surface area contributed by atoms with Crippen LogP contribution in [0, 0.1) is 5.41 Å². The summed E-state index contributed by atoms with van der Waals surface area (Å²) in [6, 6.07) is 0. The number of hydrogen-bond acceptors (Lipinski definition) is 3. The summed E-state index contributed by atoms with van der Waals surface area (Å²) in [5.74, 6) is 0. The van der Waals surface area contributed by atoms with Crippen LogP contribution < -0.4 is 5.32 Å². The average Bonchev–Trinajstić information content (AvgIpc) is 2.13. The lowest BCUT2D eigenvalue weighted by molar-refractivity contribution is -0.0854. The van der Waals surface area contributed by atoms with Gasteiger partial charge in [0.1, 0.15) is 0 Å². The Bertz CT molecular complexity index is 221. The molecule has 0 amide bonds. The third kappa shape index (κ3) is 7.02. The molecule has 0 saturated carbocycles. The zero-order valence-corrected chi connectivity index (χ0v) is 12.3. The number of nitrogens with one attached hydrogen (secondary N) is 1. The van der Waals surface area contributed by atoms with Crippen molar-refractivity contribution in [3.05, 3.63) is 0 Å². The Balaban J connectivity index is 2.07. The Kier molecular flexibility index (Phi) is 5.42. The van der Waals surface area contributed by atoms with Gasteiger partial charge in [-0.15, -0.1) is 0 Å². The minimum atomic E-state index is 0.0314. The van der Waals surface area contributed by atoms with Gasteiger partial charge in [0, 0.05) is 26.2 Å². The monoisotopic (exact) mass is 242 g/mol. The van der Waals surface area contributed by atoms with Crippen LogP contribution in [0.2, 0.25) is 0 Å². The summed E-state index contributed by atoms with van der Waals surface area (Å²) in [7, 11) is 0. The Morgan fingerprint density at radius 3 is 2.53 bits per heavy atom. The molecule has 1 rings (SSSR count). The van der Waals surface area contributed by atoms with Gasteiger partial charge < -0.3 is 10.1 Å². The second-order valence-corrected chi connectivity index (χ2v) is 6.94. The lowest BCUT2D eigenvalue weighted by Crippen LogP contribution is -2.49. The van der Waals surface area contributed by atoms with Gasteiger partial charge in [-0.25, -0.2) is 0 Å². The fourth-order valence-corrected chi connectivity index (χ4v) is 2.13. The predicted octanol–water partition coefficient (Wildman–Crippen LogP) is 2.12. The molecule has 0 atom stereocenters. The van der Waals surface area contributed by atoms with Crippen molar-refractivity contribution in [2.45, 2.75) is 46.6 Å². The van der Waals surface area contributed by atoms with Crippen LogP contribution in [-0.2, 0) is 4.74 Å². The smallest absolute Gasteiger partial charge is 0.0753 e. The number of nitrogens with zero attached hydrogens (tertiary/aromatic N) is 1. The summed E-state index contributed by atoms with van der Waals surface area (Å²) in [4.78, 5) is 2.49. The van der Waals surface area contributed by atoms with E-state index in [1.165, 1.54) is 6.42 Å². The van der Waals surface area contributed by atoms with Crippen LogP contribution in [0.15, 0.2) is 0 Å². The molecule has 1 aliphatic rings. The van der Waals surface area contributed by atoms with Crippen molar-refractivity contribution in [2.75, 3.05) is 39.3 Å². The Morgan fingerprint density at radius 2 is 1.94 bits per heavy atom. The first-order valence-electron chi connectivity index (χ1n) is 6.86. The molecular weight excluding hydrogens is 212 g/mol. The van der Waals surface area contributed by atoms with Crippen molar-refractivity contribution in [1.82, 2.24) is 10.2 Å². The van der Waals surface area contributed by atoms with Crippen molar-refractivity contribution in [1.29, 1.82) is 0 Å². The fraction of sp³-hybridized carbons (Fsp3) is 1.00. The lowest BCUT2D eigenvalue weighted by atomic mass is 9.92. The van der Waals surface area contributed by atoms with Gasteiger partial charge in [0.15, 0.2) is 0 Å². The summed E-state index contributed by atoms with van der Waals surface area (Å²) < 4.78 is 5.71. The van der Waals surface area contributed by atoms with E-state index >= 15 is 0 Å². The van der Waals surface area contributed by atoms with E-state index in [9.17, 15) is 0 Å². The van der Waals surface area contributed by atoms with Crippen LogP contribution in [0.4, 0.5) is 0 Å². The minimum absolute atomic E-state index is 0.0314. The standard InChI is InChI=1S/C14H30N2O/c1-13(2,3)6-7-15-8-9-16-10-11-17-14(4,5)12-16/h15H,6-12H2,1-5H3. The third-order valence-electron chi connectivity index (χ3n) is 3.16. The highest BCUT2D eigenvalue weighted by atomic mass is 16.5. The van der Waals surface area contributed by atoms with Crippen molar-refractivity contribution in [2.24, 2.45) is 5.41 Å². The van der Waals surface area contributed by atoms with Crippen molar-refractivity contribution >= 4 is 0 Å². The van der Waals surface area contributed by atoms with Gasteiger partial charge in [0.25, 0.3) is 0 Å². The second-order valence-electron chi connectivity index (χ2n) is 6.94. The van der Waals surface area contributed by atoms with E-state index < -0.39 is 0 Å². The summed E-state index contributed by atoms with van der Waals surface area (Å²) in [5, 5.41) is 3.53. The van der Waals surface area contributed by atoms with Crippen LogP contribution in [0.5, 0.6) is 0 Å². The number of hydrogen-bond donors (Lipinski definition) is 1. The lowest BCUT2D eigenvalue weighted by Gasteiger charge is -2.38. The highest BCUT2D eigenvalue weighted by Gasteiger charge is 2.26. The van der Waals surface area contributed by atoms with Gasteiger partial charge >= 0.3 is 0 Å². The second kappa shape index (κ2) is 6.17. The first kappa shape index (κ1) is 14.9. The molecule has 3 nitrogen and oxygen atoms in total. The van der Waals surface area contributed by atoms with E-state index in [1.807, 2.05) is 0 Å². The highest BCUT2D eigenvalue weighted by molar-refractivity contribution is 4.79. The normalized spacial score (nSPS) is 21.7. The predicted molar refractivity (Wildman–Crippen MR) is 73.4 cm³/mol. The van der Waals surface area contributed by atoms with Crippen LogP contribution in [0.1, 0.15) is 41.0 Å². The Morgan fingerprint density at radius 1 is 1.24 bits per heavy atom. The average molecular weight is 242 g/mol. The van der Waals surface area contributed by atoms with E-state index in [1.54, 1.807) is 0 Å². The maximum atomic E-state index is 5.71. The minimum Gasteiger partial charge on any atom is -0.373 e. The van der Waals surface area contributed by atoms with Crippen LogP contribution in [0.25, 0.3) is 0 Å². The molecule has 0 radical (unpaired) electrons. The third-order valence-corrected chi connectivity index (χ3v) is 3.16. The first-order chi connectivity index (χ1) is 7.79. The molecule has 1 fully saturated rings. The zero-order valence-electron chi connectivity index (χ0n) is 12.3. The first-order valence-corrected chi connectivity index (χ1v) is 6.86. The molecule has 17 heavy (non-hydrogen) atoms. The molecule has 0 unspecified atom stereocenters. The largest absolute Gasteiger partial charge is 0.373 e. The van der Waals surface area contributed by atoms with Crippen LogP contribution in [0.3, 0.4) is 0 Å². The molecule has 0 aromatic heterocycles. The molecule has 102 valence electrons. The molecule has 1 N–H and O–H groups in total. The molecule has 1 heterocycles. The summed E-state index contributed by atoms with van der Waals surface area (Å²) in [6.07, 6.45) is 1.24. The van der Waals surface area contributed by atoms with E-state index in [0.29, 0.717) is 5.41 Å². The quantitative estimate of drug-likeness (QED) is 0.747. The summed E-state index contributed by atoms with van der Waals surface area (Å²) in [5.41, 5.74) is 0.470. The number of rotatable bonds is 5. The van der Waals surface area contributed by atoms with E-state index in [0.717, 1.165) is 39.3 Å². The highest BCUT2D eigenvalue weighted by Crippen LogP contribution is 2.17. The van der Waals surface area contributed by atoms with Gasteiger partial charge in [-0.2, -0.15) is 0 Å². The van der Waals surface area contributed by atoms with Gasteiger partial charge in [0.05, 0.1) is 12.2 Å². The molecule has 1 aliphatic heterocycles. The van der Waals surface area contributed by atoms with E-state index in [2.05, 4.69) is 44.8 Å². The molecule has 0 aromatic carbocycles. The zero-order chi connectivity index (χ0) is 12.9. The Labute approximate surface area is 107 Å². The van der Waals surface area contributed by atoms with Crippen LogP contribution in [-0.4, -0.2) is 49.8 Å². The SMILES string of the molecule is CC(C)(C)CCNCCN1CCOC(C)(C)C1. The van der Waals surface area contributed by atoms with Crippen LogP contribution >= 0.6 is 0 Å². The molecule has 0 aliphatic carbocycles. The molecule has 1 saturated heterocycles.